The molecule has 180 valence electrons. The van der Waals surface area contributed by atoms with Crippen LogP contribution in [0.2, 0.25) is 0 Å². The second kappa shape index (κ2) is 11.9. The van der Waals surface area contributed by atoms with Gasteiger partial charge in [-0.25, -0.2) is 13.5 Å². The lowest BCUT2D eigenvalue weighted by atomic mass is 9.97. The molecule has 33 heavy (non-hydrogen) atoms. The smallest absolute Gasteiger partial charge is 0.275 e. The number of halogens is 2. The minimum Gasteiger partial charge on any atom is -0.363 e. The van der Waals surface area contributed by atoms with Gasteiger partial charge in [0.2, 0.25) is 0 Å². The highest BCUT2D eigenvalue weighted by atomic mass is 32.1. The Hall–Kier alpha value is -2.79. The van der Waals surface area contributed by atoms with Crippen LogP contribution < -0.4 is 21.5 Å². The molecule has 2 unspecified atom stereocenters. The van der Waals surface area contributed by atoms with Crippen LogP contribution in [0.5, 0.6) is 0 Å². The van der Waals surface area contributed by atoms with E-state index in [1.54, 1.807) is 0 Å². The Kier molecular flexibility index (Phi) is 8.95. The Morgan fingerprint density at radius 1 is 1.27 bits per heavy atom. The molecule has 1 aromatic carbocycles. The third kappa shape index (κ3) is 6.38. The van der Waals surface area contributed by atoms with Gasteiger partial charge in [-0.1, -0.05) is 44.2 Å². The number of alkyl halides is 2. The molecule has 1 amide bonds. The zero-order valence-corrected chi connectivity index (χ0v) is 19.7. The summed E-state index contributed by atoms with van der Waals surface area (Å²) in [5, 5.41) is 10.6. The molecular weight excluding hydrogens is 448 g/mol. The van der Waals surface area contributed by atoms with Crippen molar-refractivity contribution in [3.8, 4) is 0 Å². The van der Waals surface area contributed by atoms with E-state index in [1.165, 1.54) is 10.9 Å². The summed E-state index contributed by atoms with van der Waals surface area (Å²) in [6.45, 7) is 7.85. The maximum atomic E-state index is 13.8. The Morgan fingerprint density at radius 2 is 2.00 bits per heavy atom. The van der Waals surface area contributed by atoms with Crippen LogP contribution in [0.4, 0.5) is 14.6 Å². The van der Waals surface area contributed by atoms with E-state index in [0.29, 0.717) is 6.54 Å². The molecule has 2 heterocycles. The van der Waals surface area contributed by atoms with Crippen molar-refractivity contribution in [3.05, 3.63) is 47.7 Å². The fraction of sp³-hybridized carbons (Fsp3) is 0.500. The molecule has 0 spiro atoms. The Bertz CT molecular complexity index is 921. The standard InChI is InChI=1S/C22H31F2N7OS/c1-3-30(4-2)12-8-11-25-22(33)29-28-21(32)16-14-26-31-18(19(23)24)13-17(27-20(16)31)15-9-6-5-7-10-15/h5-7,9-10,14,17-19,27H,3-4,8,11-13H2,1-2H3,(H,28,32)(H2,25,29,33). The molecule has 4 N–H and O–H groups in total. The van der Waals surface area contributed by atoms with Gasteiger partial charge in [-0.2, -0.15) is 5.10 Å². The van der Waals surface area contributed by atoms with Crippen molar-refractivity contribution in [2.75, 3.05) is 31.5 Å². The second-order valence-corrected chi connectivity index (χ2v) is 8.22. The van der Waals surface area contributed by atoms with Crippen LogP contribution in [-0.4, -0.2) is 58.3 Å². The van der Waals surface area contributed by atoms with Gasteiger partial charge in [0.15, 0.2) is 5.11 Å². The quantitative estimate of drug-likeness (QED) is 0.250. The van der Waals surface area contributed by atoms with Crippen molar-refractivity contribution in [3.63, 3.8) is 0 Å². The molecule has 11 heteroatoms. The number of hydrogen-bond acceptors (Lipinski definition) is 5. The summed E-state index contributed by atoms with van der Waals surface area (Å²) in [6.07, 6.45) is -0.243. The molecule has 0 fully saturated rings. The number of fused-ring (bicyclic) bond motifs is 1. The maximum absolute atomic E-state index is 13.8. The molecule has 0 saturated heterocycles. The largest absolute Gasteiger partial charge is 0.363 e. The molecule has 0 bridgehead atoms. The number of aromatic nitrogens is 2. The zero-order valence-electron chi connectivity index (χ0n) is 18.9. The van der Waals surface area contributed by atoms with E-state index in [4.69, 9.17) is 12.2 Å². The van der Waals surface area contributed by atoms with Crippen molar-refractivity contribution in [2.24, 2.45) is 0 Å². The number of carbonyl (C=O) groups excluding carboxylic acids is 1. The number of rotatable bonds is 9. The van der Waals surface area contributed by atoms with Crippen LogP contribution in [0.25, 0.3) is 0 Å². The topological polar surface area (TPSA) is 86.2 Å². The van der Waals surface area contributed by atoms with Gasteiger partial charge in [0.25, 0.3) is 12.3 Å². The van der Waals surface area contributed by atoms with E-state index in [-0.39, 0.29) is 29.0 Å². The predicted octanol–water partition coefficient (Wildman–Crippen LogP) is 3.09. The summed E-state index contributed by atoms with van der Waals surface area (Å²) in [5.74, 6) is -0.254. The predicted molar refractivity (Wildman–Crippen MR) is 128 cm³/mol. The number of hydrazine groups is 1. The van der Waals surface area contributed by atoms with E-state index in [1.807, 2.05) is 30.3 Å². The number of carbonyl (C=O) groups is 1. The first-order chi connectivity index (χ1) is 15.9. The summed E-state index contributed by atoms with van der Waals surface area (Å²) in [4.78, 5) is 15.1. The van der Waals surface area contributed by atoms with Gasteiger partial charge in [0, 0.05) is 6.54 Å². The molecule has 2 aromatic rings. The lowest BCUT2D eigenvalue weighted by Gasteiger charge is -2.32. The van der Waals surface area contributed by atoms with Crippen molar-refractivity contribution < 1.29 is 13.6 Å². The van der Waals surface area contributed by atoms with Gasteiger partial charge >= 0.3 is 0 Å². The highest BCUT2D eigenvalue weighted by Gasteiger charge is 2.36. The van der Waals surface area contributed by atoms with Crippen LogP contribution in [0.15, 0.2) is 36.5 Å². The summed E-state index contributed by atoms with van der Waals surface area (Å²) in [7, 11) is 0. The van der Waals surface area contributed by atoms with E-state index < -0.39 is 18.4 Å². The maximum Gasteiger partial charge on any atom is 0.275 e. The number of anilines is 1. The average molecular weight is 480 g/mol. The molecule has 0 radical (unpaired) electrons. The molecule has 2 atom stereocenters. The number of nitrogens with zero attached hydrogens (tertiary/aromatic N) is 3. The molecule has 1 aliphatic heterocycles. The highest BCUT2D eigenvalue weighted by molar-refractivity contribution is 7.80. The minimum atomic E-state index is -2.61. The molecule has 1 aliphatic rings. The fourth-order valence-corrected chi connectivity index (χ4v) is 4.03. The third-order valence-corrected chi connectivity index (χ3v) is 6.00. The average Bonchev–Trinajstić information content (AvgIpc) is 3.26. The lowest BCUT2D eigenvalue weighted by molar-refractivity contribution is 0.0656. The number of thiocarbonyl (C=S) groups is 1. The van der Waals surface area contributed by atoms with Gasteiger partial charge in [-0.15, -0.1) is 0 Å². The summed E-state index contributed by atoms with van der Waals surface area (Å²) < 4.78 is 28.7. The van der Waals surface area contributed by atoms with Gasteiger partial charge in [0.05, 0.1) is 12.2 Å². The Labute approximate surface area is 198 Å². The van der Waals surface area contributed by atoms with Gasteiger partial charge in [-0.3, -0.25) is 15.6 Å². The van der Waals surface area contributed by atoms with E-state index in [0.717, 1.165) is 31.6 Å². The minimum absolute atomic E-state index is 0.164. The number of amides is 1. The van der Waals surface area contributed by atoms with Crippen LogP contribution in [0, 0.1) is 0 Å². The second-order valence-electron chi connectivity index (χ2n) is 7.81. The van der Waals surface area contributed by atoms with Crippen molar-refractivity contribution in [1.82, 2.24) is 30.8 Å². The number of benzene rings is 1. The summed E-state index contributed by atoms with van der Waals surface area (Å²) >= 11 is 5.21. The molecule has 8 nitrogen and oxygen atoms in total. The fourth-order valence-electron chi connectivity index (χ4n) is 3.87. The van der Waals surface area contributed by atoms with E-state index in [9.17, 15) is 13.6 Å². The Balaban J connectivity index is 1.59. The van der Waals surface area contributed by atoms with E-state index >= 15 is 0 Å². The lowest BCUT2D eigenvalue weighted by Crippen LogP contribution is -2.47. The van der Waals surface area contributed by atoms with Crippen LogP contribution >= 0.6 is 12.2 Å². The van der Waals surface area contributed by atoms with Crippen LogP contribution in [0.3, 0.4) is 0 Å². The van der Waals surface area contributed by atoms with Gasteiger partial charge in [-0.05, 0) is 50.3 Å². The van der Waals surface area contributed by atoms with Crippen LogP contribution in [-0.2, 0) is 0 Å². The SMILES string of the molecule is CCN(CC)CCCNC(=S)NNC(=O)c1cnn2c1NC(c1ccccc1)CC2C(F)F. The van der Waals surface area contributed by atoms with Gasteiger partial charge < -0.3 is 15.5 Å². The van der Waals surface area contributed by atoms with Crippen molar-refractivity contribution in [1.29, 1.82) is 0 Å². The number of hydrogen-bond donors (Lipinski definition) is 4. The first kappa shape index (κ1) is 24.8. The molecule has 1 aromatic heterocycles. The first-order valence-electron chi connectivity index (χ1n) is 11.2. The zero-order chi connectivity index (χ0) is 23.8. The van der Waals surface area contributed by atoms with Crippen molar-refractivity contribution in [2.45, 2.75) is 45.2 Å². The molecule has 0 aliphatic carbocycles. The first-order valence-corrected chi connectivity index (χ1v) is 11.6. The summed E-state index contributed by atoms with van der Waals surface area (Å²) in [6, 6.07) is 7.83. The molecule has 0 saturated carbocycles. The third-order valence-electron chi connectivity index (χ3n) is 5.76. The highest BCUT2D eigenvalue weighted by Crippen LogP contribution is 2.39. The van der Waals surface area contributed by atoms with Gasteiger partial charge in [0.1, 0.15) is 17.4 Å². The monoisotopic (exact) mass is 479 g/mol. The Morgan fingerprint density at radius 3 is 2.67 bits per heavy atom. The normalized spacial score (nSPS) is 17.4. The number of nitrogens with one attached hydrogen (secondary N) is 4. The molecular formula is C22H31F2N7OS. The van der Waals surface area contributed by atoms with Crippen LogP contribution in [0.1, 0.15) is 54.7 Å². The molecule has 3 rings (SSSR count). The summed E-state index contributed by atoms with van der Waals surface area (Å²) in [5.41, 5.74) is 6.22. The van der Waals surface area contributed by atoms with Crippen molar-refractivity contribution >= 4 is 29.1 Å². The van der Waals surface area contributed by atoms with E-state index in [2.05, 4.69) is 45.3 Å².